The highest BCUT2D eigenvalue weighted by Crippen LogP contribution is 2.36. The summed E-state index contributed by atoms with van der Waals surface area (Å²) < 4.78 is 13.0. The van der Waals surface area contributed by atoms with E-state index in [0.29, 0.717) is 5.02 Å². The molecule has 0 spiro atoms. The molecule has 1 nitrogen and oxygen atoms in total. The summed E-state index contributed by atoms with van der Waals surface area (Å²) >= 11 is 6.06. The summed E-state index contributed by atoms with van der Waals surface area (Å²) in [4.78, 5) is 0. The van der Waals surface area contributed by atoms with Gasteiger partial charge < -0.3 is 5.32 Å². The lowest BCUT2D eigenvalue weighted by atomic mass is 10.0. The van der Waals surface area contributed by atoms with Crippen LogP contribution >= 0.6 is 11.6 Å². The van der Waals surface area contributed by atoms with Crippen LogP contribution in [0.2, 0.25) is 5.02 Å². The topological polar surface area (TPSA) is 12.0 Å². The molecule has 0 aromatic heterocycles. The van der Waals surface area contributed by atoms with E-state index in [1.54, 1.807) is 6.07 Å². The Morgan fingerprint density at radius 2 is 2.05 bits per heavy atom. The first-order valence-corrected chi connectivity index (χ1v) is 6.82. The van der Waals surface area contributed by atoms with Crippen LogP contribution in [-0.2, 0) is 6.42 Å². The van der Waals surface area contributed by atoms with E-state index in [-0.39, 0.29) is 11.9 Å². The third-order valence-corrected chi connectivity index (χ3v) is 3.95. The largest absolute Gasteiger partial charge is 0.377 e. The zero-order chi connectivity index (χ0) is 13.4. The first-order chi connectivity index (χ1) is 9.13. The summed E-state index contributed by atoms with van der Waals surface area (Å²) in [6, 6.07) is 11.3. The number of hydrogen-bond acceptors (Lipinski definition) is 1. The van der Waals surface area contributed by atoms with Gasteiger partial charge >= 0.3 is 0 Å². The van der Waals surface area contributed by atoms with Gasteiger partial charge in [-0.1, -0.05) is 35.4 Å². The summed E-state index contributed by atoms with van der Waals surface area (Å²) in [7, 11) is 0. The van der Waals surface area contributed by atoms with E-state index in [9.17, 15) is 4.39 Å². The molecule has 3 rings (SSSR count). The standard InChI is InChI=1S/C16H15ClFN/c1-10-2-3-11-4-6-15(13(11)8-10)19-16-7-5-12(18)9-14(16)17/h2-3,5,7-9,15,19H,4,6H2,1H3. The second-order valence-corrected chi connectivity index (χ2v) is 5.47. The fourth-order valence-electron chi connectivity index (χ4n) is 2.67. The minimum atomic E-state index is -0.307. The molecule has 0 amide bonds. The maximum atomic E-state index is 13.0. The van der Waals surface area contributed by atoms with Gasteiger partial charge in [0.2, 0.25) is 0 Å². The van der Waals surface area contributed by atoms with E-state index < -0.39 is 0 Å². The summed E-state index contributed by atoms with van der Waals surface area (Å²) in [5.74, 6) is -0.307. The second kappa shape index (κ2) is 4.86. The molecule has 0 saturated heterocycles. The number of benzene rings is 2. The first kappa shape index (κ1) is 12.5. The molecule has 1 aliphatic carbocycles. The van der Waals surface area contributed by atoms with Gasteiger partial charge in [-0.3, -0.25) is 0 Å². The molecule has 3 heteroatoms. The first-order valence-electron chi connectivity index (χ1n) is 6.44. The highest BCUT2D eigenvalue weighted by molar-refractivity contribution is 6.33. The van der Waals surface area contributed by atoms with Crippen LogP contribution in [0.4, 0.5) is 10.1 Å². The van der Waals surface area contributed by atoms with Crippen molar-refractivity contribution in [3.05, 3.63) is 63.9 Å². The number of hydrogen-bond donors (Lipinski definition) is 1. The quantitative estimate of drug-likeness (QED) is 0.823. The average molecular weight is 276 g/mol. The summed E-state index contributed by atoms with van der Waals surface area (Å²) in [6.45, 7) is 2.10. The molecule has 0 fully saturated rings. The number of rotatable bonds is 2. The van der Waals surface area contributed by atoms with Crippen molar-refractivity contribution < 1.29 is 4.39 Å². The number of halogens is 2. The molecule has 98 valence electrons. The van der Waals surface area contributed by atoms with Gasteiger partial charge in [0, 0.05) is 0 Å². The van der Waals surface area contributed by atoms with E-state index in [0.717, 1.165) is 18.5 Å². The summed E-state index contributed by atoms with van der Waals surface area (Å²) in [5, 5.41) is 3.85. The molecule has 0 aliphatic heterocycles. The van der Waals surface area contributed by atoms with Crippen LogP contribution < -0.4 is 5.32 Å². The number of nitrogens with one attached hydrogen (secondary N) is 1. The predicted molar refractivity (Wildman–Crippen MR) is 77.3 cm³/mol. The van der Waals surface area contributed by atoms with Gasteiger partial charge in [-0.15, -0.1) is 0 Å². The number of fused-ring (bicyclic) bond motifs is 1. The average Bonchev–Trinajstić information content (AvgIpc) is 2.75. The van der Waals surface area contributed by atoms with Gasteiger partial charge in [0.1, 0.15) is 5.82 Å². The van der Waals surface area contributed by atoms with Gasteiger partial charge in [0.15, 0.2) is 0 Å². The van der Waals surface area contributed by atoms with E-state index >= 15 is 0 Å². The molecular formula is C16H15ClFN. The molecule has 1 atom stereocenters. The second-order valence-electron chi connectivity index (χ2n) is 5.06. The van der Waals surface area contributed by atoms with Crippen molar-refractivity contribution in [3.8, 4) is 0 Å². The van der Waals surface area contributed by atoms with E-state index in [4.69, 9.17) is 11.6 Å². The molecular weight excluding hydrogens is 261 g/mol. The highest BCUT2D eigenvalue weighted by atomic mass is 35.5. The lowest BCUT2D eigenvalue weighted by Crippen LogP contribution is -2.07. The van der Waals surface area contributed by atoms with Crippen molar-refractivity contribution in [1.82, 2.24) is 0 Å². The number of anilines is 1. The normalized spacial score (nSPS) is 17.3. The van der Waals surface area contributed by atoms with Crippen molar-refractivity contribution in [1.29, 1.82) is 0 Å². The van der Waals surface area contributed by atoms with Crippen molar-refractivity contribution in [2.75, 3.05) is 5.32 Å². The van der Waals surface area contributed by atoms with E-state index in [2.05, 4.69) is 30.4 Å². The van der Waals surface area contributed by atoms with Gasteiger partial charge in [-0.25, -0.2) is 4.39 Å². The third kappa shape index (κ3) is 2.45. The highest BCUT2D eigenvalue weighted by Gasteiger charge is 2.22. The Balaban J connectivity index is 1.88. The van der Waals surface area contributed by atoms with E-state index in [1.807, 2.05) is 0 Å². The fraction of sp³-hybridized carbons (Fsp3) is 0.250. The Kier molecular flexibility index (Phi) is 3.19. The third-order valence-electron chi connectivity index (χ3n) is 3.64. The lowest BCUT2D eigenvalue weighted by Gasteiger charge is -2.17. The van der Waals surface area contributed by atoms with Crippen LogP contribution in [0.1, 0.15) is 29.2 Å². The van der Waals surface area contributed by atoms with Crippen molar-refractivity contribution in [2.24, 2.45) is 0 Å². The van der Waals surface area contributed by atoms with Gasteiger partial charge in [0.05, 0.1) is 16.8 Å². The van der Waals surface area contributed by atoms with Crippen LogP contribution in [0.15, 0.2) is 36.4 Å². The number of aryl methyl sites for hydroxylation is 2. The SMILES string of the molecule is Cc1ccc2c(c1)C(Nc1ccc(F)cc1Cl)CC2. The molecule has 0 heterocycles. The van der Waals surface area contributed by atoms with Crippen LogP contribution in [0.5, 0.6) is 0 Å². The Labute approximate surface area is 117 Å². The molecule has 2 aromatic carbocycles. The molecule has 0 radical (unpaired) electrons. The molecule has 2 aromatic rings. The minimum absolute atomic E-state index is 0.262. The lowest BCUT2D eigenvalue weighted by molar-refractivity contribution is 0.628. The van der Waals surface area contributed by atoms with Crippen molar-refractivity contribution in [2.45, 2.75) is 25.8 Å². The van der Waals surface area contributed by atoms with Gasteiger partial charge in [-0.2, -0.15) is 0 Å². The van der Waals surface area contributed by atoms with Crippen LogP contribution in [0, 0.1) is 12.7 Å². The predicted octanol–water partition coefficient (Wildman–Crippen LogP) is 4.89. The molecule has 0 saturated carbocycles. The molecule has 1 unspecified atom stereocenters. The van der Waals surface area contributed by atoms with Crippen molar-refractivity contribution in [3.63, 3.8) is 0 Å². The fourth-order valence-corrected chi connectivity index (χ4v) is 2.89. The van der Waals surface area contributed by atoms with Gasteiger partial charge in [-0.05, 0) is 49.1 Å². The van der Waals surface area contributed by atoms with E-state index in [1.165, 1.54) is 28.8 Å². The molecule has 19 heavy (non-hydrogen) atoms. The summed E-state index contributed by atoms with van der Waals surface area (Å²) in [5.41, 5.74) is 4.78. The smallest absolute Gasteiger partial charge is 0.124 e. The van der Waals surface area contributed by atoms with Crippen LogP contribution in [-0.4, -0.2) is 0 Å². The molecule has 1 N–H and O–H groups in total. The summed E-state index contributed by atoms with van der Waals surface area (Å²) in [6.07, 6.45) is 2.12. The Morgan fingerprint density at radius 1 is 1.21 bits per heavy atom. The maximum absolute atomic E-state index is 13.0. The monoisotopic (exact) mass is 275 g/mol. The Morgan fingerprint density at radius 3 is 2.84 bits per heavy atom. The van der Waals surface area contributed by atoms with Crippen LogP contribution in [0.3, 0.4) is 0 Å². The van der Waals surface area contributed by atoms with Gasteiger partial charge in [0.25, 0.3) is 0 Å². The molecule has 0 bridgehead atoms. The molecule has 1 aliphatic rings. The maximum Gasteiger partial charge on any atom is 0.124 e. The van der Waals surface area contributed by atoms with Crippen LogP contribution in [0.25, 0.3) is 0 Å². The Hall–Kier alpha value is -1.54. The minimum Gasteiger partial charge on any atom is -0.377 e. The van der Waals surface area contributed by atoms with Crippen molar-refractivity contribution >= 4 is 17.3 Å². The Bertz CT molecular complexity index is 624. The zero-order valence-corrected chi connectivity index (χ0v) is 11.5. The zero-order valence-electron chi connectivity index (χ0n) is 10.7.